The first-order valence-electron chi connectivity index (χ1n) is 10.8. The van der Waals surface area contributed by atoms with Crippen LogP contribution in [0.15, 0.2) is 58.3 Å². The zero-order chi connectivity index (χ0) is 24.7. The van der Waals surface area contributed by atoms with Crippen LogP contribution in [0, 0.1) is 0 Å². The summed E-state index contributed by atoms with van der Waals surface area (Å²) in [4.78, 5) is 30.2. The molecule has 2 aliphatic heterocycles. The monoisotopic (exact) mass is 541 g/mol. The first-order chi connectivity index (χ1) is 15.9. The largest absolute Gasteiger partial charge is 0.328 e. The van der Waals surface area contributed by atoms with Gasteiger partial charge in [0.2, 0.25) is 0 Å². The lowest BCUT2D eigenvalue weighted by molar-refractivity contribution is -0.135. The third-order valence-corrected chi connectivity index (χ3v) is 8.69. The van der Waals surface area contributed by atoms with E-state index in [4.69, 9.17) is 0 Å². The summed E-state index contributed by atoms with van der Waals surface area (Å²) in [6, 6.07) is 12.1. The molecule has 0 saturated carbocycles. The lowest BCUT2D eigenvalue weighted by atomic mass is 9.86. The summed E-state index contributed by atoms with van der Waals surface area (Å²) in [5, 5.41) is 3.23. The molecule has 0 unspecified atom stereocenters. The van der Waals surface area contributed by atoms with Gasteiger partial charge in [-0.05, 0) is 61.3 Å². The van der Waals surface area contributed by atoms with Crippen molar-refractivity contribution < 1.29 is 26.4 Å². The molecule has 3 amide bonds. The van der Waals surface area contributed by atoms with E-state index in [0.717, 1.165) is 18.1 Å². The standard InChI is InChI=1S/C23H27N3O6S2.ClH/c1-33(29,30)19-7-3-17(4-8-19)15-25-21(27)23(11-13-24-14-12-23)26(22(25)28)16-18-5-9-20(10-6-18)34(2,31)32;/h3-10,24H,11-16H2,1-2H3;1H. The molecule has 2 saturated heterocycles. The lowest BCUT2D eigenvalue weighted by Crippen LogP contribution is -2.55. The number of nitrogens with zero attached hydrogens (tertiary/aromatic N) is 2. The smallest absolute Gasteiger partial charge is 0.317 e. The van der Waals surface area contributed by atoms with Crippen molar-refractivity contribution in [3.8, 4) is 0 Å². The third-order valence-electron chi connectivity index (χ3n) is 6.44. The number of sulfone groups is 2. The Bertz CT molecular complexity index is 1320. The van der Waals surface area contributed by atoms with E-state index in [1.165, 1.54) is 29.2 Å². The van der Waals surface area contributed by atoms with E-state index in [9.17, 15) is 26.4 Å². The Morgan fingerprint density at radius 3 is 1.63 bits per heavy atom. The van der Waals surface area contributed by atoms with Crippen molar-refractivity contribution in [2.75, 3.05) is 25.6 Å². The van der Waals surface area contributed by atoms with E-state index < -0.39 is 31.2 Å². The van der Waals surface area contributed by atoms with Crippen LogP contribution in [0.4, 0.5) is 4.79 Å². The van der Waals surface area contributed by atoms with E-state index in [-0.39, 0.29) is 41.2 Å². The van der Waals surface area contributed by atoms with Crippen molar-refractivity contribution in [3.05, 3.63) is 59.7 Å². The summed E-state index contributed by atoms with van der Waals surface area (Å²) in [5.74, 6) is -0.265. The van der Waals surface area contributed by atoms with Gasteiger partial charge in [-0.3, -0.25) is 9.69 Å². The zero-order valence-electron chi connectivity index (χ0n) is 19.4. The molecule has 0 radical (unpaired) electrons. The predicted molar refractivity (Wildman–Crippen MR) is 133 cm³/mol. The summed E-state index contributed by atoms with van der Waals surface area (Å²) >= 11 is 0. The molecule has 1 N–H and O–H groups in total. The van der Waals surface area contributed by atoms with Crippen molar-refractivity contribution in [1.29, 1.82) is 0 Å². The molecule has 9 nitrogen and oxygen atoms in total. The highest BCUT2D eigenvalue weighted by Gasteiger charge is 2.57. The normalized spacial score (nSPS) is 18.1. The number of rotatable bonds is 6. The van der Waals surface area contributed by atoms with Crippen LogP contribution in [0.3, 0.4) is 0 Å². The Hall–Kier alpha value is -2.47. The van der Waals surface area contributed by atoms with E-state index in [1.807, 2.05) is 0 Å². The van der Waals surface area contributed by atoms with Crippen molar-refractivity contribution in [2.45, 2.75) is 41.3 Å². The molecule has 35 heavy (non-hydrogen) atoms. The van der Waals surface area contributed by atoms with Crippen molar-refractivity contribution >= 4 is 44.0 Å². The molecule has 12 heteroatoms. The number of urea groups is 1. The molecule has 2 heterocycles. The average molecular weight is 542 g/mol. The fourth-order valence-corrected chi connectivity index (χ4v) is 5.78. The van der Waals surface area contributed by atoms with Crippen LogP contribution >= 0.6 is 12.4 Å². The number of amides is 3. The number of hydrogen-bond donors (Lipinski definition) is 1. The second-order valence-electron chi connectivity index (χ2n) is 8.87. The van der Waals surface area contributed by atoms with Gasteiger partial charge in [0.15, 0.2) is 19.7 Å². The lowest BCUT2D eigenvalue weighted by Gasteiger charge is -2.38. The first kappa shape index (κ1) is 27.1. The molecule has 4 rings (SSSR count). The highest BCUT2D eigenvalue weighted by atomic mass is 35.5. The van der Waals surface area contributed by atoms with Crippen LogP contribution in [0.25, 0.3) is 0 Å². The fourth-order valence-electron chi connectivity index (χ4n) is 4.51. The minimum absolute atomic E-state index is 0. The van der Waals surface area contributed by atoms with Gasteiger partial charge in [0.25, 0.3) is 5.91 Å². The van der Waals surface area contributed by atoms with Gasteiger partial charge >= 0.3 is 6.03 Å². The minimum atomic E-state index is -3.35. The molecule has 0 atom stereocenters. The average Bonchev–Trinajstić information content (AvgIpc) is 2.96. The summed E-state index contributed by atoms with van der Waals surface area (Å²) < 4.78 is 47.0. The number of hydrogen-bond acceptors (Lipinski definition) is 7. The molecule has 2 fully saturated rings. The van der Waals surface area contributed by atoms with Crippen molar-refractivity contribution in [2.24, 2.45) is 0 Å². The predicted octanol–water partition coefficient (Wildman–Crippen LogP) is 2.00. The number of imide groups is 1. The van der Waals surface area contributed by atoms with Gasteiger partial charge in [-0.2, -0.15) is 0 Å². The highest BCUT2D eigenvalue weighted by Crippen LogP contribution is 2.37. The van der Waals surface area contributed by atoms with E-state index in [2.05, 4.69) is 5.32 Å². The maximum absolute atomic E-state index is 13.6. The molecule has 0 aromatic heterocycles. The third kappa shape index (κ3) is 5.37. The van der Waals surface area contributed by atoms with Crippen molar-refractivity contribution in [1.82, 2.24) is 15.1 Å². The van der Waals surface area contributed by atoms with E-state index >= 15 is 0 Å². The maximum Gasteiger partial charge on any atom is 0.328 e. The SMILES string of the molecule is CS(=O)(=O)c1ccc(CN2C(=O)N(Cc3ccc(S(C)(=O)=O)cc3)C3(CCNCC3)C2=O)cc1.Cl. The number of halogens is 1. The minimum Gasteiger partial charge on any atom is -0.317 e. The van der Waals surface area contributed by atoms with Gasteiger partial charge < -0.3 is 10.2 Å². The molecule has 2 aromatic rings. The summed E-state index contributed by atoms with van der Waals surface area (Å²) in [6.45, 7) is 1.41. The van der Waals surface area contributed by atoms with Gasteiger partial charge in [-0.15, -0.1) is 12.4 Å². The number of carbonyl (C=O) groups excluding carboxylic acids is 2. The molecule has 2 aliphatic rings. The van der Waals surface area contributed by atoms with Gasteiger partial charge in [-0.1, -0.05) is 24.3 Å². The number of piperidine rings is 1. The summed E-state index contributed by atoms with van der Waals surface area (Å²) in [6.07, 6.45) is 3.21. The molecule has 0 aliphatic carbocycles. The topological polar surface area (TPSA) is 121 Å². The van der Waals surface area contributed by atoms with Crippen LogP contribution < -0.4 is 5.32 Å². The van der Waals surface area contributed by atoms with Gasteiger partial charge in [0.1, 0.15) is 5.54 Å². The number of nitrogens with one attached hydrogen (secondary N) is 1. The summed E-state index contributed by atoms with van der Waals surface area (Å²) in [7, 11) is -6.68. The molecule has 190 valence electrons. The Kier molecular flexibility index (Phi) is 7.66. The summed E-state index contributed by atoms with van der Waals surface area (Å²) in [5.41, 5.74) is 0.410. The van der Waals surface area contributed by atoms with Crippen LogP contribution in [-0.4, -0.2) is 69.7 Å². The van der Waals surface area contributed by atoms with Crippen LogP contribution in [0.1, 0.15) is 24.0 Å². The van der Waals surface area contributed by atoms with E-state index in [1.54, 1.807) is 29.2 Å². The van der Waals surface area contributed by atoms with Gasteiger partial charge in [-0.25, -0.2) is 21.6 Å². The molecule has 2 aromatic carbocycles. The number of carbonyl (C=O) groups is 2. The molecular formula is C23H28ClN3O6S2. The fraction of sp³-hybridized carbons (Fsp3) is 0.391. The maximum atomic E-state index is 13.6. The number of benzene rings is 2. The van der Waals surface area contributed by atoms with Crippen LogP contribution in [0.5, 0.6) is 0 Å². The van der Waals surface area contributed by atoms with Gasteiger partial charge in [0, 0.05) is 19.1 Å². The Morgan fingerprint density at radius 2 is 1.20 bits per heavy atom. The zero-order valence-corrected chi connectivity index (χ0v) is 21.9. The van der Waals surface area contributed by atoms with Crippen molar-refractivity contribution in [3.63, 3.8) is 0 Å². The molecule has 1 spiro atoms. The van der Waals surface area contributed by atoms with Crippen LogP contribution in [0.2, 0.25) is 0 Å². The second kappa shape index (κ2) is 9.88. The molecule has 0 bridgehead atoms. The first-order valence-corrected chi connectivity index (χ1v) is 14.6. The second-order valence-corrected chi connectivity index (χ2v) is 12.9. The Balaban J connectivity index is 0.00000342. The Morgan fingerprint density at radius 1 is 0.771 bits per heavy atom. The van der Waals surface area contributed by atoms with Gasteiger partial charge in [0.05, 0.1) is 16.3 Å². The van der Waals surface area contributed by atoms with Crippen LogP contribution in [-0.2, 0) is 37.6 Å². The van der Waals surface area contributed by atoms with E-state index in [0.29, 0.717) is 31.5 Å². The quantitative estimate of drug-likeness (QED) is 0.555. The highest BCUT2D eigenvalue weighted by molar-refractivity contribution is 7.91. The Labute approximate surface area is 211 Å². The molecular weight excluding hydrogens is 514 g/mol.